The van der Waals surface area contributed by atoms with Gasteiger partial charge in [-0.05, 0) is 97.1 Å². The molecule has 2 heteroatoms. The van der Waals surface area contributed by atoms with Crippen LogP contribution >= 0.6 is 0 Å². The summed E-state index contributed by atoms with van der Waals surface area (Å²) in [6.45, 7) is 3.95. The van der Waals surface area contributed by atoms with E-state index in [-0.39, 0.29) is 0 Å². The van der Waals surface area contributed by atoms with Gasteiger partial charge in [0.1, 0.15) is 0 Å². The minimum Gasteiger partial charge on any atom is -0.204 e. The number of hydrogen-bond donors (Lipinski definition) is 0. The molecule has 0 N–H and O–H groups in total. The van der Waals surface area contributed by atoms with Crippen LogP contribution in [0.25, 0.3) is 11.1 Å². The number of benzene rings is 2. The summed E-state index contributed by atoms with van der Waals surface area (Å²) in [4.78, 5) is 0. The van der Waals surface area contributed by atoms with E-state index >= 15 is 0 Å². The maximum absolute atomic E-state index is 13.5. The minimum absolute atomic E-state index is 0.723. The predicted molar refractivity (Wildman–Crippen MR) is 103 cm³/mol. The first-order chi connectivity index (χ1) is 12.6. The Morgan fingerprint density at radius 1 is 0.769 bits per heavy atom. The highest BCUT2D eigenvalue weighted by Gasteiger charge is 2.29. The zero-order chi connectivity index (χ0) is 18.1. The maximum atomic E-state index is 13.5. The molecule has 0 heterocycles. The van der Waals surface area contributed by atoms with E-state index in [1.165, 1.54) is 55.4 Å². The fourth-order valence-electron chi connectivity index (χ4n) is 4.89. The second kappa shape index (κ2) is 7.34. The summed E-state index contributed by atoms with van der Waals surface area (Å²) in [6.07, 6.45) is 10.9. The van der Waals surface area contributed by atoms with E-state index in [1.807, 2.05) is 0 Å². The van der Waals surface area contributed by atoms with Crippen LogP contribution in [-0.2, 0) is 12.8 Å². The second-order valence-corrected chi connectivity index (χ2v) is 8.03. The van der Waals surface area contributed by atoms with E-state index in [0.717, 1.165) is 41.7 Å². The zero-order valence-electron chi connectivity index (χ0n) is 15.2. The molecule has 0 saturated heterocycles. The van der Waals surface area contributed by atoms with Crippen LogP contribution in [0.3, 0.4) is 0 Å². The monoisotopic (exact) mass is 352 g/mol. The van der Waals surface area contributed by atoms with Crippen molar-refractivity contribution in [3.8, 4) is 11.1 Å². The number of allylic oxidation sites excluding steroid dienone is 1. The van der Waals surface area contributed by atoms with Crippen molar-refractivity contribution < 1.29 is 8.78 Å². The Kier molecular flexibility index (Phi) is 4.93. The van der Waals surface area contributed by atoms with Crippen LogP contribution in [0.2, 0.25) is 0 Å². The number of halogens is 2. The Hall–Kier alpha value is -1.96. The molecule has 1 unspecified atom stereocenters. The molecule has 0 aromatic heterocycles. The van der Waals surface area contributed by atoms with Gasteiger partial charge in [0.05, 0.1) is 0 Å². The van der Waals surface area contributed by atoms with Crippen LogP contribution < -0.4 is 0 Å². The van der Waals surface area contributed by atoms with Crippen LogP contribution in [0.15, 0.2) is 49.1 Å². The molecule has 0 amide bonds. The van der Waals surface area contributed by atoms with Gasteiger partial charge in [-0.15, -0.1) is 6.58 Å². The lowest BCUT2D eigenvalue weighted by molar-refractivity contribution is 0.206. The molecule has 2 aliphatic rings. The highest BCUT2D eigenvalue weighted by Crippen LogP contribution is 2.40. The van der Waals surface area contributed by atoms with E-state index in [0.29, 0.717) is 0 Å². The lowest BCUT2D eigenvalue weighted by Gasteiger charge is -2.36. The minimum atomic E-state index is -0.791. The van der Waals surface area contributed by atoms with E-state index < -0.39 is 11.6 Å². The summed E-state index contributed by atoms with van der Waals surface area (Å²) in [5.41, 5.74) is 4.55. The van der Waals surface area contributed by atoms with Crippen molar-refractivity contribution >= 4 is 0 Å². The van der Waals surface area contributed by atoms with Gasteiger partial charge >= 0.3 is 0 Å². The fraction of sp³-hybridized carbons (Fsp3) is 0.417. The summed E-state index contributed by atoms with van der Waals surface area (Å²) in [7, 11) is 0. The first-order valence-corrected chi connectivity index (χ1v) is 9.84. The Morgan fingerprint density at radius 2 is 1.50 bits per heavy atom. The SMILES string of the molecule is C=CC1CCC(C2CCc3cc(-c4ccc(F)c(F)c4)ccc3C2)CC1. The van der Waals surface area contributed by atoms with Gasteiger partial charge in [0, 0.05) is 0 Å². The zero-order valence-corrected chi connectivity index (χ0v) is 15.2. The first kappa shape index (κ1) is 17.5. The van der Waals surface area contributed by atoms with Crippen LogP contribution in [0.4, 0.5) is 8.78 Å². The summed E-state index contributed by atoms with van der Waals surface area (Å²) in [5, 5.41) is 0. The molecule has 0 spiro atoms. The van der Waals surface area contributed by atoms with Gasteiger partial charge in [0.15, 0.2) is 11.6 Å². The van der Waals surface area contributed by atoms with Crippen molar-refractivity contribution in [2.75, 3.05) is 0 Å². The maximum Gasteiger partial charge on any atom is 0.159 e. The molecular formula is C24H26F2. The van der Waals surface area contributed by atoms with Gasteiger partial charge in [0.25, 0.3) is 0 Å². The highest BCUT2D eigenvalue weighted by molar-refractivity contribution is 5.65. The molecule has 136 valence electrons. The first-order valence-electron chi connectivity index (χ1n) is 9.84. The number of fused-ring (bicyclic) bond motifs is 1. The second-order valence-electron chi connectivity index (χ2n) is 8.03. The third-order valence-electron chi connectivity index (χ3n) is 6.54. The molecular weight excluding hydrogens is 326 g/mol. The van der Waals surface area contributed by atoms with Crippen LogP contribution in [0.5, 0.6) is 0 Å². The van der Waals surface area contributed by atoms with E-state index in [9.17, 15) is 8.78 Å². The van der Waals surface area contributed by atoms with E-state index in [2.05, 4.69) is 30.9 Å². The van der Waals surface area contributed by atoms with Crippen molar-refractivity contribution in [3.05, 3.63) is 71.8 Å². The average Bonchev–Trinajstić information content (AvgIpc) is 2.69. The molecule has 4 rings (SSSR count). The largest absolute Gasteiger partial charge is 0.204 e. The molecule has 1 saturated carbocycles. The topological polar surface area (TPSA) is 0 Å². The lowest BCUT2D eigenvalue weighted by Crippen LogP contribution is -2.26. The molecule has 0 bridgehead atoms. The number of hydrogen-bond acceptors (Lipinski definition) is 0. The van der Waals surface area contributed by atoms with Crippen molar-refractivity contribution in [1.29, 1.82) is 0 Å². The Morgan fingerprint density at radius 3 is 2.23 bits per heavy atom. The molecule has 2 aliphatic carbocycles. The smallest absolute Gasteiger partial charge is 0.159 e. The highest BCUT2D eigenvalue weighted by atomic mass is 19.2. The van der Waals surface area contributed by atoms with Gasteiger partial charge in [-0.1, -0.05) is 30.3 Å². The Bertz CT molecular complexity index is 800. The summed E-state index contributed by atoms with van der Waals surface area (Å²) < 4.78 is 26.7. The third kappa shape index (κ3) is 3.47. The molecule has 1 fully saturated rings. The molecule has 0 radical (unpaired) electrons. The molecule has 0 nitrogen and oxygen atoms in total. The average molecular weight is 352 g/mol. The van der Waals surface area contributed by atoms with E-state index in [1.54, 1.807) is 6.07 Å². The van der Waals surface area contributed by atoms with Crippen molar-refractivity contribution in [2.45, 2.75) is 44.9 Å². The Balaban J connectivity index is 1.49. The normalized spacial score (nSPS) is 25.5. The van der Waals surface area contributed by atoms with Crippen LogP contribution in [-0.4, -0.2) is 0 Å². The number of rotatable bonds is 3. The van der Waals surface area contributed by atoms with Gasteiger partial charge in [0.2, 0.25) is 0 Å². The van der Waals surface area contributed by atoms with Gasteiger partial charge in [-0.3, -0.25) is 0 Å². The molecule has 1 atom stereocenters. The Labute approximate surface area is 154 Å². The van der Waals surface area contributed by atoms with Crippen LogP contribution in [0.1, 0.15) is 43.2 Å². The van der Waals surface area contributed by atoms with Crippen molar-refractivity contribution in [2.24, 2.45) is 17.8 Å². The van der Waals surface area contributed by atoms with Gasteiger partial charge in [-0.25, -0.2) is 8.78 Å². The quantitative estimate of drug-likeness (QED) is 0.537. The standard InChI is InChI=1S/C24H26F2/c1-2-16-3-5-17(6-4-16)18-7-8-20-14-21(10-9-19(20)13-18)22-11-12-23(25)24(26)15-22/h2,9-12,14-18H,1,3-8,13H2. The van der Waals surface area contributed by atoms with Crippen molar-refractivity contribution in [3.63, 3.8) is 0 Å². The summed E-state index contributed by atoms with van der Waals surface area (Å²) >= 11 is 0. The summed E-state index contributed by atoms with van der Waals surface area (Å²) in [5.74, 6) is 0.796. The fourth-order valence-corrected chi connectivity index (χ4v) is 4.89. The van der Waals surface area contributed by atoms with E-state index in [4.69, 9.17) is 0 Å². The lowest BCUT2D eigenvalue weighted by atomic mass is 9.69. The van der Waals surface area contributed by atoms with Gasteiger partial charge < -0.3 is 0 Å². The molecule has 0 aliphatic heterocycles. The predicted octanol–water partition coefficient (Wildman–Crippen LogP) is 6.73. The summed E-state index contributed by atoms with van der Waals surface area (Å²) in [6, 6.07) is 10.6. The third-order valence-corrected chi connectivity index (χ3v) is 6.54. The molecule has 2 aromatic carbocycles. The van der Waals surface area contributed by atoms with Gasteiger partial charge in [-0.2, -0.15) is 0 Å². The number of aryl methyl sites for hydroxylation is 1. The molecule has 2 aromatic rings. The van der Waals surface area contributed by atoms with Crippen molar-refractivity contribution in [1.82, 2.24) is 0 Å². The van der Waals surface area contributed by atoms with Crippen LogP contribution in [0, 0.1) is 29.4 Å². The molecule has 26 heavy (non-hydrogen) atoms.